The van der Waals surface area contributed by atoms with Gasteiger partial charge in [0, 0.05) is 12.7 Å². The molecule has 1 aliphatic rings. The van der Waals surface area contributed by atoms with Gasteiger partial charge in [-0.05, 0) is 0 Å². The van der Waals surface area contributed by atoms with Crippen molar-refractivity contribution in [2.75, 3.05) is 19.8 Å². The first kappa shape index (κ1) is 12.0. The van der Waals surface area contributed by atoms with Crippen molar-refractivity contribution in [3.63, 3.8) is 0 Å². The molecule has 0 aliphatic carbocycles. The van der Waals surface area contributed by atoms with Crippen molar-refractivity contribution in [1.29, 1.82) is 0 Å². The van der Waals surface area contributed by atoms with Gasteiger partial charge in [0.1, 0.15) is 6.67 Å². The standard InChI is InChI=1S/C11H15N3O2/c1-4-7-13-9-12(6-3)10(15)14(8-5-2)11(13)16/h4-6H,1-3,7-9H2. The summed E-state index contributed by atoms with van der Waals surface area (Å²) in [6.07, 6.45) is 4.52. The zero-order valence-corrected chi connectivity index (χ0v) is 9.13. The van der Waals surface area contributed by atoms with Crippen molar-refractivity contribution in [2.24, 2.45) is 0 Å². The van der Waals surface area contributed by atoms with Crippen molar-refractivity contribution in [3.05, 3.63) is 38.1 Å². The van der Waals surface area contributed by atoms with E-state index >= 15 is 0 Å². The molecule has 5 heteroatoms. The topological polar surface area (TPSA) is 43.9 Å². The molecule has 5 nitrogen and oxygen atoms in total. The lowest BCUT2D eigenvalue weighted by atomic mass is 10.4. The van der Waals surface area contributed by atoms with Crippen molar-refractivity contribution < 1.29 is 9.59 Å². The largest absolute Gasteiger partial charge is 0.333 e. The van der Waals surface area contributed by atoms with E-state index in [4.69, 9.17) is 0 Å². The Bertz CT molecular complexity index is 338. The van der Waals surface area contributed by atoms with Crippen LogP contribution in [0, 0.1) is 0 Å². The van der Waals surface area contributed by atoms with Crippen molar-refractivity contribution in [1.82, 2.24) is 14.7 Å². The fourth-order valence-electron chi connectivity index (χ4n) is 1.43. The minimum absolute atomic E-state index is 0.190. The van der Waals surface area contributed by atoms with Crippen LogP contribution in [0.25, 0.3) is 0 Å². The van der Waals surface area contributed by atoms with Gasteiger partial charge in [0.15, 0.2) is 0 Å². The third-order valence-corrected chi connectivity index (χ3v) is 2.18. The van der Waals surface area contributed by atoms with E-state index in [1.807, 2.05) is 0 Å². The molecule has 0 radical (unpaired) electrons. The predicted molar refractivity (Wildman–Crippen MR) is 61.5 cm³/mol. The number of imide groups is 1. The first-order valence-corrected chi connectivity index (χ1v) is 4.87. The van der Waals surface area contributed by atoms with Gasteiger partial charge < -0.3 is 4.90 Å². The second-order valence-corrected chi connectivity index (χ2v) is 3.27. The molecule has 0 saturated carbocycles. The van der Waals surface area contributed by atoms with Crippen LogP contribution in [0.4, 0.5) is 9.59 Å². The smallest absolute Gasteiger partial charge is 0.302 e. The molecular weight excluding hydrogens is 206 g/mol. The Morgan fingerprint density at radius 2 is 1.69 bits per heavy atom. The Kier molecular flexibility index (Phi) is 3.88. The van der Waals surface area contributed by atoms with Gasteiger partial charge in [-0.3, -0.25) is 4.90 Å². The lowest BCUT2D eigenvalue weighted by molar-refractivity contribution is 0.104. The lowest BCUT2D eigenvalue weighted by Gasteiger charge is -2.38. The molecule has 1 heterocycles. The van der Waals surface area contributed by atoms with E-state index in [9.17, 15) is 9.59 Å². The fraction of sp³-hybridized carbons (Fsp3) is 0.273. The van der Waals surface area contributed by atoms with Gasteiger partial charge in [-0.15, -0.1) is 13.2 Å². The van der Waals surface area contributed by atoms with Gasteiger partial charge in [-0.25, -0.2) is 14.5 Å². The number of hydrogen-bond donors (Lipinski definition) is 0. The highest BCUT2D eigenvalue weighted by Crippen LogP contribution is 2.12. The van der Waals surface area contributed by atoms with E-state index in [-0.39, 0.29) is 25.3 Å². The van der Waals surface area contributed by atoms with Gasteiger partial charge in [0.2, 0.25) is 0 Å². The van der Waals surface area contributed by atoms with E-state index in [2.05, 4.69) is 19.7 Å². The molecule has 0 bridgehead atoms. The number of hydrogen-bond acceptors (Lipinski definition) is 2. The average Bonchev–Trinajstić information content (AvgIpc) is 2.28. The molecule has 4 amide bonds. The molecule has 1 saturated heterocycles. The first-order valence-electron chi connectivity index (χ1n) is 4.87. The van der Waals surface area contributed by atoms with Crippen LogP contribution in [0.3, 0.4) is 0 Å². The van der Waals surface area contributed by atoms with Crippen LogP contribution in [0.1, 0.15) is 0 Å². The molecule has 0 aromatic carbocycles. The molecule has 0 aromatic rings. The van der Waals surface area contributed by atoms with Gasteiger partial charge >= 0.3 is 12.1 Å². The van der Waals surface area contributed by atoms with Gasteiger partial charge in [0.05, 0.1) is 6.54 Å². The highest BCUT2D eigenvalue weighted by molar-refractivity contribution is 5.96. The average molecular weight is 221 g/mol. The summed E-state index contributed by atoms with van der Waals surface area (Å²) in [5, 5.41) is 0. The van der Waals surface area contributed by atoms with E-state index in [1.54, 1.807) is 6.08 Å². The molecule has 86 valence electrons. The van der Waals surface area contributed by atoms with Crippen LogP contribution in [0.5, 0.6) is 0 Å². The van der Waals surface area contributed by atoms with E-state index in [1.165, 1.54) is 22.1 Å². The summed E-state index contributed by atoms with van der Waals surface area (Å²) in [6, 6.07) is -0.705. The summed E-state index contributed by atoms with van der Waals surface area (Å²) >= 11 is 0. The summed E-state index contributed by atoms with van der Waals surface area (Å²) in [4.78, 5) is 27.6. The second kappa shape index (κ2) is 5.16. The monoisotopic (exact) mass is 221 g/mol. The minimum Gasteiger partial charge on any atom is -0.302 e. The zero-order valence-electron chi connectivity index (χ0n) is 9.13. The summed E-state index contributed by atoms with van der Waals surface area (Å²) in [7, 11) is 0. The molecule has 0 spiro atoms. The molecule has 0 unspecified atom stereocenters. The van der Waals surface area contributed by atoms with Gasteiger partial charge in [0.25, 0.3) is 0 Å². The molecule has 0 atom stereocenters. The maximum absolute atomic E-state index is 11.9. The van der Waals surface area contributed by atoms with Crippen molar-refractivity contribution in [2.45, 2.75) is 0 Å². The van der Waals surface area contributed by atoms with Crippen LogP contribution in [0.2, 0.25) is 0 Å². The Balaban J connectivity index is 2.91. The van der Waals surface area contributed by atoms with Crippen LogP contribution in [-0.4, -0.2) is 46.5 Å². The van der Waals surface area contributed by atoms with Gasteiger partial charge in [-0.1, -0.05) is 18.7 Å². The normalized spacial score (nSPS) is 16.4. The summed E-state index contributed by atoms with van der Waals surface area (Å²) in [5.74, 6) is 0. The third-order valence-electron chi connectivity index (χ3n) is 2.18. The SMILES string of the molecule is C=CCN1CN(C=C)C(=O)N(CC=C)C1=O. The minimum atomic E-state index is -0.375. The number of carbonyl (C=O) groups excluding carboxylic acids is 2. The Morgan fingerprint density at radius 1 is 1.06 bits per heavy atom. The van der Waals surface area contributed by atoms with Crippen LogP contribution >= 0.6 is 0 Å². The molecule has 0 N–H and O–H groups in total. The Labute approximate surface area is 94.9 Å². The van der Waals surface area contributed by atoms with Crippen LogP contribution in [-0.2, 0) is 0 Å². The molecular formula is C11H15N3O2. The van der Waals surface area contributed by atoms with E-state index in [0.717, 1.165) is 4.90 Å². The zero-order chi connectivity index (χ0) is 12.1. The maximum Gasteiger partial charge on any atom is 0.333 e. The number of nitrogens with zero attached hydrogens (tertiary/aromatic N) is 3. The van der Waals surface area contributed by atoms with Crippen molar-refractivity contribution in [3.8, 4) is 0 Å². The summed E-state index contributed by atoms with van der Waals surface area (Å²) in [6.45, 7) is 11.4. The highest BCUT2D eigenvalue weighted by Gasteiger charge is 2.34. The molecule has 0 aromatic heterocycles. The number of urea groups is 2. The number of rotatable bonds is 5. The highest BCUT2D eigenvalue weighted by atomic mass is 16.2. The van der Waals surface area contributed by atoms with Crippen LogP contribution < -0.4 is 0 Å². The number of carbonyl (C=O) groups is 2. The summed E-state index contributed by atoms with van der Waals surface area (Å²) in [5.41, 5.74) is 0. The Morgan fingerprint density at radius 3 is 2.19 bits per heavy atom. The third kappa shape index (κ3) is 2.13. The molecule has 1 aliphatic heterocycles. The van der Waals surface area contributed by atoms with Crippen LogP contribution in [0.15, 0.2) is 38.1 Å². The molecule has 1 fully saturated rings. The second-order valence-electron chi connectivity index (χ2n) is 3.27. The quantitative estimate of drug-likeness (QED) is 0.662. The maximum atomic E-state index is 11.9. The van der Waals surface area contributed by atoms with Gasteiger partial charge in [-0.2, -0.15) is 0 Å². The molecule has 1 rings (SSSR count). The first-order chi connectivity index (χ1) is 7.65. The molecule has 16 heavy (non-hydrogen) atoms. The van der Waals surface area contributed by atoms with E-state index < -0.39 is 0 Å². The lowest BCUT2D eigenvalue weighted by Crippen LogP contribution is -2.59. The Hall–Kier alpha value is -2.04. The summed E-state index contributed by atoms with van der Waals surface area (Å²) < 4.78 is 0. The predicted octanol–water partition coefficient (Wildman–Crippen LogP) is 1.62. The fourth-order valence-corrected chi connectivity index (χ4v) is 1.43. The van der Waals surface area contributed by atoms with Crippen molar-refractivity contribution >= 4 is 12.1 Å². The van der Waals surface area contributed by atoms with E-state index in [0.29, 0.717) is 6.54 Å². The number of amides is 4.